The van der Waals surface area contributed by atoms with Gasteiger partial charge in [0.15, 0.2) is 0 Å². The van der Waals surface area contributed by atoms with Crippen LogP contribution in [0.25, 0.3) is 0 Å². The fraction of sp³-hybridized carbons (Fsp3) is 0.250. The van der Waals surface area contributed by atoms with Crippen LogP contribution in [0.2, 0.25) is 0 Å². The normalized spacial score (nSPS) is 12.7. The van der Waals surface area contributed by atoms with E-state index in [0.717, 1.165) is 10.2 Å². The van der Waals surface area contributed by atoms with Crippen LogP contribution in [0.4, 0.5) is 0 Å². The highest BCUT2D eigenvalue weighted by Gasteiger charge is 2.10. The molecular weight excluding hydrogens is 266 g/mol. The average Bonchev–Trinajstić information content (AvgIpc) is 2.77. The fourth-order valence-electron chi connectivity index (χ4n) is 1.74. The lowest BCUT2D eigenvalue weighted by Crippen LogP contribution is -2.11. The van der Waals surface area contributed by atoms with Crippen LogP contribution in [0, 0.1) is 0 Å². The molecule has 1 heterocycles. The Labute approximate surface area is 103 Å². The summed E-state index contributed by atoms with van der Waals surface area (Å²) in [5.41, 5.74) is 7.96. The predicted molar refractivity (Wildman–Crippen MR) is 68.1 cm³/mol. The van der Waals surface area contributed by atoms with Gasteiger partial charge in [-0.3, -0.25) is 0 Å². The summed E-state index contributed by atoms with van der Waals surface area (Å²) in [6.45, 7) is 2.66. The Bertz CT molecular complexity index is 461. The Morgan fingerprint density at radius 3 is 2.69 bits per heavy atom. The monoisotopic (exact) mass is 279 g/mol. The van der Waals surface area contributed by atoms with Crippen molar-refractivity contribution in [1.82, 2.24) is 9.55 Å². The van der Waals surface area contributed by atoms with Gasteiger partial charge in [-0.25, -0.2) is 4.98 Å². The van der Waals surface area contributed by atoms with Gasteiger partial charge in [-0.15, -0.1) is 0 Å². The molecular formula is C12H14BrN3. The van der Waals surface area contributed by atoms with Crippen LogP contribution in [0.15, 0.2) is 41.3 Å². The fourth-order valence-corrected chi connectivity index (χ4v) is 2.01. The summed E-state index contributed by atoms with van der Waals surface area (Å²) < 4.78 is 3.19. The largest absolute Gasteiger partial charge is 0.326 e. The lowest BCUT2D eigenvalue weighted by atomic mass is 10.1. The molecule has 84 valence electrons. The van der Waals surface area contributed by atoms with Crippen molar-refractivity contribution in [3.05, 3.63) is 52.5 Å². The first-order chi connectivity index (χ1) is 7.72. The zero-order valence-corrected chi connectivity index (χ0v) is 10.7. The summed E-state index contributed by atoms with van der Waals surface area (Å²) in [7, 11) is 0. The molecule has 0 saturated carbocycles. The van der Waals surface area contributed by atoms with Crippen molar-refractivity contribution in [1.29, 1.82) is 0 Å². The number of nitrogens with two attached hydrogens (primary N) is 1. The number of hydrogen-bond donors (Lipinski definition) is 1. The molecule has 0 radical (unpaired) electrons. The molecule has 1 atom stereocenters. The Balaban J connectivity index is 2.31. The van der Waals surface area contributed by atoms with E-state index in [2.05, 4.69) is 44.5 Å². The number of benzene rings is 1. The van der Waals surface area contributed by atoms with Crippen molar-refractivity contribution in [3.63, 3.8) is 0 Å². The third kappa shape index (κ3) is 2.18. The highest BCUT2D eigenvalue weighted by Crippen LogP contribution is 2.21. The molecule has 0 spiro atoms. The van der Waals surface area contributed by atoms with Gasteiger partial charge in [-0.1, -0.05) is 28.1 Å². The third-order valence-corrected chi connectivity index (χ3v) is 3.25. The van der Waals surface area contributed by atoms with Gasteiger partial charge < -0.3 is 10.3 Å². The van der Waals surface area contributed by atoms with Crippen molar-refractivity contribution in [2.45, 2.75) is 19.5 Å². The summed E-state index contributed by atoms with van der Waals surface area (Å²) in [6.07, 6.45) is 3.64. The molecule has 0 aliphatic heterocycles. The number of rotatable bonds is 3. The zero-order chi connectivity index (χ0) is 11.5. The van der Waals surface area contributed by atoms with Gasteiger partial charge in [-0.05, 0) is 24.6 Å². The lowest BCUT2D eigenvalue weighted by molar-refractivity contribution is 0.609. The van der Waals surface area contributed by atoms with Crippen LogP contribution >= 0.6 is 15.9 Å². The number of halogens is 1. The minimum atomic E-state index is 0.258. The van der Waals surface area contributed by atoms with Crippen LogP contribution in [-0.4, -0.2) is 9.55 Å². The Morgan fingerprint density at radius 2 is 2.06 bits per heavy atom. The first-order valence-corrected chi connectivity index (χ1v) is 5.98. The van der Waals surface area contributed by atoms with E-state index in [-0.39, 0.29) is 6.04 Å². The Hall–Kier alpha value is -1.13. The summed E-state index contributed by atoms with van der Waals surface area (Å²) in [6, 6.07) is 8.56. The van der Waals surface area contributed by atoms with Crippen LogP contribution in [-0.2, 0) is 6.54 Å². The van der Waals surface area contributed by atoms with E-state index in [0.29, 0.717) is 6.54 Å². The molecule has 0 saturated heterocycles. The molecule has 1 aromatic carbocycles. The SMILES string of the molecule is CC(c1ccc(Br)cc1)n1cncc1CN. The third-order valence-electron chi connectivity index (χ3n) is 2.73. The molecule has 16 heavy (non-hydrogen) atoms. The van der Waals surface area contributed by atoms with E-state index >= 15 is 0 Å². The van der Waals surface area contributed by atoms with E-state index in [1.807, 2.05) is 24.7 Å². The van der Waals surface area contributed by atoms with Gasteiger partial charge in [0.2, 0.25) is 0 Å². The molecule has 0 bridgehead atoms. The predicted octanol–water partition coefficient (Wildman–Crippen LogP) is 2.71. The topological polar surface area (TPSA) is 43.8 Å². The molecule has 2 aromatic rings. The van der Waals surface area contributed by atoms with Crippen LogP contribution in [0.5, 0.6) is 0 Å². The maximum atomic E-state index is 5.67. The van der Waals surface area contributed by atoms with Gasteiger partial charge >= 0.3 is 0 Å². The van der Waals surface area contributed by atoms with Crippen molar-refractivity contribution in [2.24, 2.45) is 5.73 Å². The van der Waals surface area contributed by atoms with Crippen LogP contribution in [0.3, 0.4) is 0 Å². The molecule has 3 nitrogen and oxygen atoms in total. The van der Waals surface area contributed by atoms with Gasteiger partial charge in [-0.2, -0.15) is 0 Å². The van der Waals surface area contributed by atoms with Gasteiger partial charge in [0, 0.05) is 17.2 Å². The molecule has 0 fully saturated rings. The second kappa shape index (κ2) is 4.80. The summed E-state index contributed by atoms with van der Waals surface area (Å²) in [5, 5.41) is 0. The number of hydrogen-bond acceptors (Lipinski definition) is 2. The van der Waals surface area contributed by atoms with Crippen molar-refractivity contribution in [2.75, 3.05) is 0 Å². The van der Waals surface area contributed by atoms with Crippen molar-refractivity contribution in [3.8, 4) is 0 Å². The zero-order valence-electron chi connectivity index (χ0n) is 9.10. The van der Waals surface area contributed by atoms with Crippen molar-refractivity contribution < 1.29 is 0 Å². The van der Waals surface area contributed by atoms with Crippen LogP contribution < -0.4 is 5.73 Å². The van der Waals surface area contributed by atoms with Crippen LogP contribution in [0.1, 0.15) is 24.2 Å². The second-order valence-corrected chi connectivity index (χ2v) is 4.64. The minimum Gasteiger partial charge on any atom is -0.326 e. The summed E-state index contributed by atoms with van der Waals surface area (Å²) in [4.78, 5) is 4.13. The standard InChI is InChI=1S/C12H14BrN3/c1-9(10-2-4-11(13)5-3-10)16-8-15-7-12(16)6-14/h2-5,7-9H,6,14H2,1H3. The average molecular weight is 280 g/mol. The number of imidazole rings is 1. The van der Waals surface area contributed by atoms with Gasteiger partial charge in [0.05, 0.1) is 18.1 Å². The molecule has 1 unspecified atom stereocenters. The summed E-state index contributed by atoms with van der Waals surface area (Å²) >= 11 is 3.43. The lowest BCUT2D eigenvalue weighted by Gasteiger charge is -2.16. The molecule has 2 rings (SSSR count). The molecule has 4 heteroatoms. The van der Waals surface area contributed by atoms with Gasteiger partial charge in [0.1, 0.15) is 0 Å². The Kier molecular flexibility index (Phi) is 3.41. The van der Waals surface area contributed by atoms with E-state index in [9.17, 15) is 0 Å². The van der Waals surface area contributed by atoms with E-state index in [1.54, 1.807) is 0 Å². The first-order valence-electron chi connectivity index (χ1n) is 5.18. The number of aromatic nitrogens is 2. The maximum Gasteiger partial charge on any atom is 0.0954 e. The van der Waals surface area contributed by atoms with E-state index in [4.69, 9.17) is 5.73 Å². The molecule has 0 aliphatic rings. The van der Waals surface area contributed by atoms with Crippen molar-refractivity contribution >= 4 is 15.9 Å². The molecule has 2 N–H and O–H groups in total. The molecule has 0 aliphatic carbocycles. The molecule has 1 aromatic heterocycles. The quantitative estimate of drug-likeness (QED) is 0.939. The highest BCUT2D eigenvalue weighted by atomic mass is 79.9. The summed E-state index contributed by atoms with van der Waals surface area (Å²) in [5.74, 6) is 0. The van der Waals surface area contributed by atoms with E-state index in [1.165, 1.54) is 5.56 Å². The number of nitrogens with zero attached hydrogens (tertiary/aromatic N) is 2. The smallest absolute Gasteiger partial charge is 0.0954 e. The van der Waals surface area contributed by atoms with E-state index < -0.39 is 0 Å². The van der Waals surface area contributed by atoms with Gasteiger partial charge in [0.25, 0.3) is 0 Å². The Morgan fingerprint density at radius 1 is 1.38 bits per heavy atom. The first kappa shape index (κ1) is 11.4. The molecule has 0 amide bonds. The minimum absolute atomic E-state index is 0.258. The second-order valence-electron chi connectivity index (χ2n) is 3.72. The highest BCUT2D eigenvalue weighted by molar-refractivity contribution is 9.10. The maximum absolute atomic E-state index is 5.67.